The topological polar surface area (TPSA) is 29.5 Å². The summed E-state index contributed by atoms with van der Waals surface area (Å²) in [5.74, 6) is 0.669. The van der Waals surface area contributed by atoms with Crippen LogP contribution in [0.2, 0.25) is 0 Å². The van der Waals surface area contributed by atoms with Crippen LogP contribution in [0, 0.1) is 0 Å². The van der Waals surface area contributed by atoms with Gasteiger partial charge in [-0.2, -0.15) is 0 Å². The van der Waals surface area contributed by atoms with Gasteiger partial charge in [0.1, 0.15) is 5.75 Å². The van der Waals surface area contributed by atoms with Crippen molar-refractivity contribution in [3.05, 3.63) is 66.7 Å². The third kappa shape index (κ3) is 1.86. The molecule has 3 heteroatoms. The fourth-order valence-corrected chi connectivity index (χ4v) is 2.99. The van der Waals surface area contributed by atoms with E-state index in [9.17, 15) is 0 Å². The summed E-state index contributed by atoms with van der Waals surface area (Å²) >= 11 is 0. The van der Waals surface area contributed by atoms with Gasteiger partial charge in [0.05, 0.1) is 0 Å². The maximum atomic E-state index is 9.08. The SMILES string of the molecule is O[B]Oc1cc2ccccc2c2ccc3ccccc3c12. The minimum atomic E-state index is 0.669. The molecule has 2 nitrogen and oxygen atoms in total. The second-order valence-electron chi connectivity index (χ2n) is 5.03. The lowest BCUT2D eigenvalue weighted by molar-refractivity contribution is 0.457. The summed E-state index contributed by atoms with van der Waals surface area (Å²) in [5.41, 5.74) is 0. The van der Waals surface area contributed by atoms with E-state index in [1.165, 1.54) is 5.39 Å². The highest BCUT2D eigenvalue weighted by atomic mass is 16.5. The molecule has 0 unspecified atom stereocenters. The minimum Gasteiger partial charge on any atom is -0.537 e. The second-order valence-corrected chi connectivity index (χ2v) is 5.03. The highest BCUT2D eigenvalue weighted by Gasteiger charge is 2.10. The van der Waals surface area contributed by atoms with Crippen LogP contribution >= 0.6 is 0 Å². The molecule has 0 fully saturated rings. The summed E-state index contributed by atoms with van der Waals surface area (Å²) in [7, 11) is 0.741. The Hall–Kier alpha value is -2.52. The molecule has 4 rings (SSSR count). The quantitative estimate of drug-likeness (QED) is 0.440. The highest BCUT2D eigenvalue weighted by molar-refractivity contribution is 6.23. The third-order valence-electron chi connectivity index (χ3n) is 3.89. The summed E-state index contributed by atoms with van der Waals surface area (Å²) in [6, 6.07) is 22.6. The van der Waals surface area contributed by atoms with E-state index in [1.54, 1.807) is 0 Å². The van der Waals surface area contributed by atoms with Crippen LogP contribution in [-0.2, 0) is 0 Å². The molecule has 0 atom stereocenters. The van der Waals surface area contributed by atoms with E-state index >= 15 is 0 Å². The van der Waals surface area contributed by atoms with Crippen molar-refractivity contribution in [3.8, 4) is 5.75 Å². The summed E-state index contributed by atoms with van der Waals surface area (Å²) in [5, 5.41) is 15.8. The Bertz CT molecular complexity index is 963. The van der Waals surface area contributed by atoms with E-state index in [4.69, 9.17) is 9.68 Å². The Balaban J connectivity index is 2.27. The van der Waals surface area contributed by atoms with E-state index in [0.717, 1.165) is 34.6 Å². The first-order valence-electron chi connectivity index (χ1n) is 6.84. The van der Waals surface area contributed by atoms with Crippen molar-refractivity contribution in [1.29, 1.82) is 0 Å². The summed E-state index contributed by atoms with van der Waals surface area (Å²) in [6.45, 7) is 0. The molecule has 1 N–H and O–H groups in total. The number of hydrogen-bond donors (Lipinski definition) is 1. The molecule has 21 heavy (non-hydrogen) atoms. The maximum absolute atomic E-state index is 9.08. The van der Waals surface area contributed by atoms with Crippen LogP contribution in [0.15, 0.2) is 66.7 Å². The molecule has 0 aliphatic rings. The molecule has 0 spiro atoms. The van der Waals surface area contributed by atoms with Crippen molar-refractivity contribution in [2.24, 2.45) is 0 Å². The van der Waals surface area contributed by atoms with Crippen LogP contribution in [0.25, 0.3) is 32.3 Å². The zero-order valence-corrected chi connectivity index (χ0v) is 11.3. The van der Waals surface area contributed by atoms with Gasteiger partial charge in [-0.05, 0) is 33.0 Å². The predicted molar refractivity (Wildman–Crippen MR) is 87.6 cm³/mol. The molecule has 0 heterocycles. The van der Waals surface area contributed by atoms with Gasteiger partial charge in [-0.15, -0.1) is 0 Å². The number of fused-ring (bicyclic) bond motifs is 5. The molecule has 1 radical (unpaired) electrons. The molecule has 0 amide bonds. The molecular formula is C18H12BO2. The van der Waals surface area contributed by atoms with Gasteiger partial charge in [0.25, 0.3) is 0 Å². The normalized spacial score (nSPS) is 11.1. The van der Waals surface area contributed by atoms with Crippen LogP contribution in [-0.4, -0.2) is 12.7 Å². The Morgan fingerprint density at radius 2 is 1.43 bits per heavy atom. The average Bonchev–Trinajstić information content (AvgIpc) is 2.54. The van der Waals surface area contributed by atoms with E-state index in [1.807, 2.05) is 36.4 Å². The zero-order chi connectivity index (χ0) is 14.2. The molecule has 0 bridgehead atoms. The van der Waals surface area contributed by atoms with Crippen LogP contribution in [0.1, 0.15) is 0 Å². The van der Waals surface area contributed by atoms with Crippen molar-refractivity contribution >= 4 is 40.0 Å². The fourth-order valence-electron chi connectivity index (χ4n) is 2.99. The van der Waals surface area contributed by atoms with Gasteiger partial charge in [-0.25, -0.2) is 0 Å². The second kappa shape index (κ2) is 4.79. The standard InChI is InChI=1S/C18H12BO2/c20-19-21-17-11-13-6-2-3-7-14(13)16-10-9-12-5-1-4-8-15(12)18(16)17/h1-11,20H. The Labute approximate surface area is 122 Å². The third-order valence-corrected chi connectivity index (χ3v) is 3.89. The monoisotopic (exact) mass is 271 g/mol. The van der Waals surface area contributed by atoms with Gasteiger partial charge in [0.15, 0.2) is 0 Å². The number of hydrogen-bond acceptors (Lipinski definition) is 2. The molecule has 4 aromatic rings. The lowest BCUT2D eigenvalue weighted by atomic mass is 9.96. The van der Waals surface area contributed by atoms with E-state index in [2.05, 4.69) is 30.3 Å². The van der Waals surface area contributed by atoms with Gasteiger partial charge >= 0.3 is 7.69 Å². The summed E-state index contributed by atoms with van der Waals surface area (Å²) < 4.78 is 5.37. The Morgan fingerprint density at radius 3 is 2.24 bits per heavy atom. The Morgan fingerprint density at radius 1 is 0.714 bits per heavy atom. The van der Waals surface area contributed by atoms with Crippen LogP contribution in [0.3, 0.4) is 0 Å². The van der Waals surface area contributed by atoms with E-state index in [-0.39, 0.29) is 0 Å². The Kier molecular flexibility index (Phi) is 2.79. The van der Waals surface area contributed by atoms with E-state index < -0.39 is 0 Å². The van der Waals surface area contributed by atoms with Crippen LogP contribution < -0.4 is 4.65 Å². The van der Waals surface area contributed by atoms with Gasteiger partial charge < -0.3 is 9.68 Å². The molecule has 99 valence electrons. The average molecular weight is 271 g/mol. The van der Waals surface area contributed by atoms with Crippen molar-refractivity contribution in [2.45, 2.75) is 0 Å². The minimum absolute atomic E-state index is 0.669. The first-order chi connectivity index (χ1) is 10.4. The molecular weight excluding hydrogens is 259 g/mol. The molecule has 4 aromatic carbocycles. The molecule has 0 aromatic heterocycles. The van der Waals surface area contributed by atoms with Gasteiger partial charge in [-0.1, -0.05) is 60.7 Å². The summed E-state index contributed by atoms with van der Waals surface area (Å²) in [6.07, 6.45) is 0. The fraction of sp³-hybridized carbons (Fsp3) is 0. The van der Waals surface area contributed by atoms with Gasteiger partial charge in [0.2, 0.25) is 0 Å². The molecule has 0 aliphatic carbocycles. The summed E-state index contributed by atoms with van der Waals surface area (Å²) in [4.78, 5) is 0. The number of rotatable bonds is 2. The molecule has 0 saturated heterocycles. The molecule has 0 aliphatic heterocycles. The van der Waals surface area contributed by atoms with Crippen LogP contribution in [0.5, 0.6) is 5.75 Å². The van der Waals surface area contributed by atoms with E-state index in [0.29, 0.717) is 5.75 Å². The van der Waals surface area contributed by atoms with Gasteiger partial charge in [0, 0.05) is 5.39 Å². The van der Waals surface area contributed by atoms with Crippen molar-refractivity contribution < 1.29 is 9.68 Å². The van der Waals surface area contributed by atoms with Crippen molar-refractivity contribution in [1.82, 2.24) is 0 Å². The first-order valence-corrected chi connectivity index (χ1v) is 6.84. The van der Waals surface area contributed by atoms with Crippen molar-refractivity contribution in [2.75, 3.05) is 0 Å². The lowest BCUT2D eigenvalue weighted by Gasteiger charge is -2.13. The highest BCUT2D eigenvalue weighted by Crippen LogP contribution is 2.37. The van der Waals surface area contributed by atoms with Gasteiger partial charge in [-0.3, -0.25) is 0 Å². The lowest BCUT2D eigenvalue weighted by Crippen LogP contribution is -2.00. The number of benzene rings is 4. The predicted octanol–water partition coefficient (Wildman–Crippen LogP) is 4.05. The van der Waals surface area contributed by atoms with Crippen LogP contribution in [0.4, 0.5) is 0 Å². The smallest absolute Gasteiger partial charge is 0.537 e. The zero-order valence-electron chi connectivity index (χ0n) is 11.3. The maximum Gasteiger partial charge on any atom is 0.569 e. The van der Waals surface area contributed by atoms with Crippen molar-refractivity contribution in [3.63, 3.8) is 0 Å². The largest absolute Gasteiger partial charge is 0.569 e. The first kappa shape index (κ1) is 12.2. The molecule has 0 saturated carbocycles.